The highest BCUT2D eigenvalue weighted by atomic mass is 35.5. The van der Waals surface area contributed by atoms with E-state index in [0.29, 0.717) is 34.6 Å². The summed E-state index contributed by atoms with van der Waals surface area (Å²) >= 11 is 7.23. The first kappa shape index (κ1) is 16.5. The van der Waals surface area contributed by atoms with E-state index in [-0.39, 0.29) is 16.8 Å². The zero-order chi connectivity index (χ0) is 16.8. The molecule has 1 atom stereocenters. The van der Waals surface area contributed by atoms with Gasteiger partial charge in [-0.15, -0.1) is 11.3 Å². The minimum absolute atomic E-state index is 0.222. The van der Waals surface area contributed by atoms with Gasteiger partial charge < -0.3 is 10.6 Å². The molecule has 0 aliphatic carbocycles. The molecule has 1 amide bonds. The normalized spacial score (nSPS) is 18.8. The fraction of sp³-hybridized carbons (Fsp3) is 0.400. The average Bonchev–Trinajstić information content (AvgIpc) is 3.10. The second kappa shape index (κ2) is 5.96. The van der Waals surface area contributed by atoms with Crippen molar-refractivity contribution in [3.63, 3.8) is 0 Å². The zero-order valence-electron chi connectivity index (χ0n) is 12.0. The van der Waals surface area contributed by atoms with Gasteiger partial charge >= 0.3 is 6.18 Å². The lowest BCUT2D eigenvalue weighted by molar-refractivity contribution is -0.137. The number of thiophene rings is 1. The number of halogens is 4. The summed E-state index contributed by atoms with van der Waals surface area (Å²) < 4.78 is 38.7. The van der Waals surface area contributed by atoms with Crippen LogP contribution in [0.25, 0.3) is 10.1 Å². The highest BCUT2D eigenvalue weighted by Gasteiger charge is 2.32. The van der Waals surface area contributed by atoms with Gasteiger partial charge in [0.05, 0.1) is 10.6 Å². The maximum Gasteiger partial charge on any atom is 0.416 e. The van der Waals surface area contributed by atoms with Crippen molar-refractivity contribution >= 4 is 38.9 Å². The van der Waals surface area contributed by atoms with Gasteiger partial charge in [-0.25, -0.2) is 0 Å². The quantitative estimate of drug-likeness (QED) is 0.877. The van der Waals surface area contributed by atoms with E-state index >= 15 is 0 Å². The van der Waals surface area contributed by atoms with Crippen molar-refractivity contribution < 1.29 is 18.0 Å². The van der Waals surface area contributed by atoms with Crippen LogP contribution in [-0.4, -0.2) is 30.4 Å². The molecule has 2 aromatic rings. The Morgan fingerprint density at radius 3 is 2.78 bits per heavy atom. The number of fused-ring (bicyclic) bond motifs is 1. The lowest BCUT2D eigenvalue weighted by Crippen LogP contribution is -2.29. The summed E-state index contributed by atoms with van der Waals surface area (Å²) in [6.45, 7) is 1.67. The molecule has 23 heavy (non-hydrogen) atoms. The number of hydrogen-bond acceptors (Lipinski definition) is 3. The number of alkyl halides is 3. The van der Waals surface area contributed by atoms with Crippen molar-refractivity contribution in [2.24, 2.45) is 11.7 Å². The van der Waals surface area contributed by atoms with Gasteiger partial charge in [0.15, 0.2) is 0 Å². The number of nitrogens with zero attached hydrogens (tertiary/aromatic N) is 1. The van der Waals surface area contributed by atoms with E-state index in [1.165, 1.54) is 6.07 Å². The molecule has 0 radical (unpaired) electrons. The van der Waals surface area contributed by atoms with Crippen LogP contribution >= 0.6 is 22.9 Å². The van der Waals surface area contributed by atoms with Crippen molar-refractivity contribution in [1.82, 2.24) is 4.90 Å². The van der Waals surface area contributed by atoms with E-state index in [1.54, 1.807) is 4.90 Å². The van der Waals surface area contributed by atoms with Crippen molar-refractivity contribution in [1.29, 1.82) is 0 Å². The molecule has 3 rings (SSSR count). The van der Waals surface area contributed by atoms with Gasteiger partial charge in [0.25, 0.3) is 5.91 Å². The molecule has 2 heterocycles. The molecule has 1 aromatic carbocycles. The molecule has 1 aromatic heterocycles. The van der Waals surface area contributed by atoms with Crippen molar-refractivity contribution in [2.75, 3.05) is 19.6 Å². The number of carbonyl (C=O) groups is 1. The van der Waals surface area contributed by atoms with Gasteiger partial charge in [-0.3, -0.25) is 4.79 Å². The molecule has 3 nitrogen and oxygen atoms in total. The number of carbonyl (C=O) groups excluding carboxylic acids is 1. The Balaban J connectivity index is 1.95. The van der Waals surface area contributed by atoms with E-state index in [0.717, 1.165) is 29.9 Å². The van der Waals surface area contributed by atoms with E-state index in [9.17, 15) is 18.0 Å². The van der Waals surface area contributed by atoms with Crippen LogP contribution in [0.1, 0.15) is 21.7 Å². The van der Waals surface area contributed by atoms with Crippen LogP contribution in [0.5, 0.6) is 0 Å². The molecule has 8 heteroatoms. The van der Waals surface area contributed by atoms with E-state index in [1.807, 2.05) is 0 Å². The molecule has 0 spiro atoms. The fourth-order valence-corrected chi connectivity index (χ4v) is 4.25. The molecular formula is C15H14ClF3N2OS. The highest BCUT2D eigenvalue weighted by molar-refractivity contribution is 7.21. The van der Waals surface area contributed by atoms with Gasteiger partial charge in [-0.05, 0) is 31.0 Å². The molecule has 0 bridgehead atoms. The Kier molecular flexibility index (Phi) is 4.29. The van der Waals surface area contributed by atoms with Gasteiger partial charge in [0, 0.05) is 23.2 Å². The summed E-state index contributed by atoms with van der Waals surface area (Å²) in [5.74, 6) is 0.0321. The Morgan fingerprint density at radius 2 is 2.17 bits per heavy atom. The number of likely N-dealkylation sites (tertiary alicyclic amines) is 1. The second-order valence-corrected chi connectivity index (χ2v) is 7.03. The number of hydrogen-bond donors (Lipinski definition) is 1. The maximum absolute atomic E-state index is 12.8. The van der Waals surface area contributed by atoms with Crippen molar-refractivity contribution in [2.45, 2.75) is 12.6 Å². The summed E-state index contributed by atoms with van der Waals surface area (Å²) in [4.78, 5) is 14.5. The number of rotatable bonds is 2. The van der Waals surface area contributed by atoms with E-state index in [4.69, 9.17) is 17.3 Å². The molecule has 0 unspecified atom stereocenters. The van der Waals surface area contributed by atoms with E-state index < -0.39 is 11.7 Å². The fourth-order valence-electron chi connectivity index (χ4n) is 2.73. The van der Waals surface area contributed by atoms with Crippen molar-refractivity contribution in [3.05, 3.63) is 33.7 Å². The van der Waals surface area contributed by atoms with Gasteiger partial charge in [-0.1, -0.05) is 17.7 Å². The SMILES string of the molecule is NC[C@H]1CCN(C(=O)c2sc3cc(C(F)(F)F)ccc3c2Cl)C1. The van der Waals surface area contributed by atoms with Crippen LogP contribution in [0.2, 0.25) is 5.02 Å². The third kappa shape index (κ3) is 3.05. The lowest BCUT2D eigenvalue weighted by atomic mass is 10.1. The third-order valence-corrected chi connectivity index (χ3v) is 5.70. The average molecular weight is 363 g/mol. The maximum atomic E-state index is 12.8. The minimum Gasteiger partial charge on any atom is -0.338 e. The van der Waals surface area contributed by atoms with Gasteiger partial charge in [0.2, 0.25) is 0 Å². The molecule has 0 saturated carbocycles. The molecular weight excluding hydrogens is 349 g/mol. The van der Waals surface area contributed by atoms with Crippen LogP contribution in [0.3, 0.4) is 0 Å². The van der Waals surface area contributed by atoms with Crippen LogP contribution in [-0.2, 0) is 6.18 Å². The summed E-state index contributed by atoms with van der Waals surface area (Å²) in [7, 11) is 0. The molecule has 2 N–H and O–H groups in total. The molecule has 1 aliphatic rings. The number of benzene rings is 1. The zero-order valence-corrected chi connectivity index (χ0v) is 13.6. The first-order valence-corrected chi connectivity index (χ1v) is 8.29. The highest BCUT2D eigenvalue weighted by Crippen LogP contribution is 2.40. The second-order valence-electron chi connectivity index (χ2n) is 5.60. The predicted molar refractivity (Wildman–Crippen MR) is 84.9 cm³/mol. The minimum atomic E-state index is -4.42. The Bertz CT molecular complexity index is 759. The van der Waals surface area contributed by atoms with Gasteiger partial charge in [0.1, 0.15) is 4.88 Å². The van der Waals surface area contributed by atoms with E-state index in [2.05, 4.69) is 0 Å². The third-order valence-electron chi connectivity index (χ3n) is 4.06. The summed E-state index contributed by atoms with van der Waals surface area (Å²) in [5.41, 5.74) is 4.87. The van der Waals surface area contributed by atoms with Crippen LogP contribution in [0, 0.1) is 5.92 Å². The van der Waals surface area contributed by atoms with Crippen molar-refractivity contribution in [3.8, 4) is 0 Å². The smallest absolute Gasteiger partial charge is 0.338 e. The number of amides is 1. The topological polar surface area (TPSA) is 46.3 Å². The molecule has 1 fully saturated rings. The Hall–Kier alpha value is -1.31. The van der Waals surface area contributed by atoms with Crippen LogP contribution < -0.4 is 5.73 Å². The predicted octanol–water partition coefficient (Wildman–Crippen LogP) is 3.99. The lowest BCUT2D eigenvalue weighted by Gasteiger charge is -2.15. The van der Waals surface area contributed by atoms with Crippen LogP contribution in [0.4, 0.5) is 13.2 Å². The molecule has 124 valence electrons. The Morgan fingerprint density at radius 1 is 1.43 bits per heavy atom. The van der Waals surface area contributed by atoms with Gasteiger partial charge in [-0.2, -0.15) is 13.2 Å². The standard InChI is InChI=1S/C15H14ClF3N2OS/c16-12-10-2-1-9(15(17,18)19)5-11(10)23-13(12)14(22)21-4-3-8(6-20)7-21/h1-2,5,8H,3-4,6-7,20H2/t8-/m1/s1. The monoisotopic (exact) mass is 362 g/mol. The molecule has 1 aliphatic heterocycles. The first-order chi connectivity index (χ1) is 10.8. The summed E-state index contributed by atoms with van der Waals surface area (Å²) in [6.07, 6.45) is -3.58. The summed E-state index contributed by atoms with van der Waals surface area (Å²) in [6, 6.07) is 3.34. The first-order valence-electron chi connectivity index (χ1n) is 7.10. The Labute approximate surface area is 139 Å². The number of nitrogens with two attached hydrogens (primary N) is 1. The summed E-state index contributed by atoms with van der Waals surface area (Å²) in [5, 5.41) is 0.697. The molecule has 1 saturated heterocycles. The van der Waals surface area contributed by atoms with Crippen LogP contribution in [0.15, 0.2) is 18.2 Å². The largest absolute Gasteiger partial charge is 0.416 e.